The molecular weight excluding hydrogens is 562 g/mol. The summed E-state index contributed by atoms with van der Waals surface area (Å²) in [6.45, 7) is 7.55. The Bertz CT molecular complexity index is 1090. The first-order valence-electron chi connectivity index (χ1n) is 14.3. The number of hydrogen-bond donors (Lipinski definition) is 3. The van der Waals surface area contributed by atoms with E-state index in [2.05, 4.69) is 10.6 Å². The first-order chi connectivity index (χ1) is 20.5. The van der Waals surface area contributed by atoms with Crippen LogP contribution >= 0.6 is 0 Å². The zero-order chi connectivity index (χ0) is 31.8. The molecule has 43 heavy (non-hydrogen) atoms. The van der Waals surface area contributed by atoms with Crippen LogP contribution in [0.1, 0.15) is 49.5 Å². The van der Waals surface area contributed by atoms with Gasteiger partial charge in [0.05, 0.1) is 39.6 Å². The summed E-state index contributed by atoms with van der Waals surface area (Å²) in [4.78, 5) is 65.2. The fourth-order valence-corrected chi connectivity index (χ4v) is 4.27. The molecule has 0 bridgehead atoms. The standard InChI is InChI=1S/C29H45N5O9/c1-29(2,3)43-28(39)33(11-14-41-16-18-42-17-15-40-13-10-30)20-25(36)32-23-8-5-7-21-22(23)19-34(27(21)38)24(9-6-12-35)26(37)31-4/h5,7-8,12,24H,6,9-11,13-20,30H2,1-4H3,(H,31,37)(H,32,36). The molecule has 0 fully saturated rings. The summed E-state index contributed by atoms with van der Waals surface area (Å²) in [6.07, 6.45) is 0.310. The van der Waals surface area contributed by atoms with Crippen LogP contribution in [0, 0.1) is 0 Å². The number of nitrogens with one attached hydrogen (secondary N) is 2. The zero-order valence-electron chi connectivity index (χ0n) is 25.5. The van der Waals surface area contributed by atoms with E-state index >= 15 is 0 Å². The van der Waals surface area contributed by atoms with Crippen molar-refractivity contribution in [3.63, 3.8) is 0 Å². The minimum Gasteiger partial charge on any atom is -0.444 e. The molecule has 1 atom stereocenters. The summed E-state index contributed by atoms with van der Waals surface area (Å²) >= 11 is 0. The van der Waals surface area contributed by atoms with E-state index in [9.17, 15) is 24.0 Å². The minimum atomic E-state index is -0.837. The van der Waals surface area contributed by atoms with Gasteiger partial charge in [-0.1, -0.05) is 6.07 Å². The van der Waals surface area contributed by atoms with Gasteiger partial charge in [0.25, 0.3) is 5.91 Å². The van der Waals surface area contributed by atoms with Crippen LogP contribution in [-0.4, -0.2) is 118 Å². The highest BCUT2D eigenvalue weighted by Crippen LogP contribution is 2.31. The van der Waals surface area contributed by atoms with Gasteiger partial charge < -0.3 is 45.0 Å². The number of carbonyl (C=O) groups is 5. The number of ether oxygens (including phenoxy) is 4. The maximum Gasteiger partial charge on any atom is 0.410 e. The lowest BCUT2D eigenvalue weighted by molar-refractivity contribution is -0.125. The summed E-state index contributed by atoms with van der Waals surface area (Å²) < 4.78 is 21.7. The van der Waals surface area contributed by atoms with Gasteiger partial charge >= 0.3 is 6.09 Å². The number of rotatable bonds is 19. The van der Waals surface area contributed by atoms with Crippen molar-refractivity contribution in [1.29, 1.82) is 0 Å². The number of benzene rings is 1. The Kier molecular flexibility index (Phi) is 15.0. The molecule has 0 saturated carbocycles. The largest absolute Gasteiger partial charge is 0.444 e. The number of nitrogens with zero attached hydrogens (tertiary/aromatic N) is 2. The maximum atomic E-state index is 13.2. The SMILES string of the molecule is CNC(=O)C(CCC=O)N1Cc2c(NC(=O)CN(CCOCCOCCOCCN)C(=O)OC(C)(C)C)cccc2C1=O. The van der Waals surface area contributed by atoms with E-state index in [1.807, 2.05) is 0 Å². The normalized spacial score (nSPS) is 13.3. The third-order valence-electron chi connectivity index (χ3n) is 6.25. The fourth-order valence-electron chi connectivity index (χ4n) is 4.27. The Balaban J connectivity index is 2.02. The van der Waals surface area contributed by atoms with Crippen molar-refractivity contribution < 1.29 is 42.9 Å². The smallest absolute Gasteiger partial charge is 0.410 e. The quantitative estimate of drug-likeness (QED) is 0.151. The maximum absolute atomic E-state index is 13.2. The zero-order valence-corrected chi connectivity index (χ0v) is 25.5. The van der Waals surface area contributed by atoms with Crippen LogP contribution in [0.25, 0.3) is 0 Å². The van der Waals surface area contributed by atoms with Crippen LogP contribution in [0.5, 0.6) is 0 Å². The summed E-state index contributed by atoms with van der Waals surface area (Å²) in [5.41, 5.74) is 5.86. The number of hydrogen-bond acceptors (Lipinski definition) is 10. The molecule has 240 valence electrons. The lowest BCUT2D eigenvalue weighted by Crippen LogP contribution is -2.46. The molecular formula is C29H45N5O9. The number of amides is 4. The average Bonchev–Trinajstić information content (AvgIpc) is 3.29. The second kappa shape index (κ2) is 18.2. The van der Waals surface area contributed by atoms with E-state index < -0.39 is 23.6 Å². The Morgan fingerprint density at radius 2 is 1.72 bits per heavy atom. The molecule has 14 nitrogen and oxygen atoms in total. The molecule has 0 radical (unpaired) electrons. The number of nitrogens with two attached hydrogens (primary N) is 1. The number of carbonyl (C=O) groups excluding carboxylic acids is 5. The Hall–Kier alpha value is -3.59. The van der Waals surface area contributed by atoms with Crippen molar-refractivity contribution in [2.24, 2.45) is 5.73 Å². The highest BCUT2D eigenvalue weighted by atomic mass is 16.6. The number of fused-ring (bicyclic) bond motifs is 1. The molecule has 1 heterocycles. The van der Waals surface area contributed by atoms with Gasteiger partial charge in [0, 0.05) is 49.9 Å². The third kappa shape index (κ3) is 11.9. The van der Waals surface area contributed by atoms with Gasteiger partial charge in [-0.25, -0.2) is 4.79 Å². The second-order valence-corrected chi connectivity index (χ2v) is 10.7. The first kappa shape index (κ1) is 35.6. The van der Waals surface area contributed by atoms with Gasteiger partial charge in [-0.05, 0) is 39.3 Å². The van der Waals surface area contributed by atoms with Crippen LogP contribution in [0.3, 0.4) is 0 Å². The lowest BCUT2D eigenvalue weighted by atomic mass is 10.1. The van der Waals surface area contributed by atoms with E-state index in [0.29, 0.717) is 56.1 Å². The molecule has 4 N–H and O–H groups in total. The van der Waals surface area contributed by atoms with Gasteiger partial charge in [0.15, 0.2) is 0 Å². The Labute approximate surface area is 252 Å². The van der Waals surface area contributed by atoms with Gasteiger partial charge in [0.1, 0.15) is 24.5 Å². The van der Waals surface area contributed by atoms with Gasteiger partial charge in [-0.2, -0.15) is 0 Å². The monoisotopic (exact) mass is 607 g/mol. The number of anilines is 1. The predicted molar refractivity (Wildman–Crippen MR) is 157 cm³/mol. The van der Waals surface area contributed by atoms with Crippen LogP contribution in [-0.2, 0) is 39.9 Å². The summed E-state index contributed by atoms with van der Waals surface area (Å²) in [5, 5.41) is 5.33. The molecule has 1 aliphatic rings. The summed E-state index contributed by atoms with van der Waals surface area (Å²) in [7, 11) is 1.46. The topological polar surface area (TPSA) is 179 Å². The van der Waals surface area contributed by atoms with Crippen LogP contribution in [0.4, 0.5) is 10.5 Å². The predicted octanol–water partition coefficient (Wildman–Crippen LogP) is 0.920. The van der Waals surface area contributed by atoms with Crippen molar-refractivity contribution >= 4 is 35.8 Å². The molecule has 0 spiro atoms. The van der Waals surface area contributed by atoms with Crippen molar-refractivity contribution in [1.82, 2.24) is 15.1 Å². The van der Waals surface area contributed by atoms with Gasteiger partial charge in [0.2, 0.25) is 11.8 Å². The summed E-state index contributed by atoms with van der Waals surface area (Å²) in [5.74, 6) is -1.26. The highest BCUT2D eigenvalue weighted by Gasteiger charge is 2.37. The molecule has 0 aromatic heterocycles. The molecule has 1 unspecified atom stereocenters. The van der Waals surface area contributed by atoms with Crippen LogP contribution in [0.15, 0.2) is 18.2 Å². The van der Waals surface area contributed by atoms with Crippen LogP contribution < -0.4 is 16.4 Å². The molecule has 4 amide bonds. The average molecular weight is 608 g/mol. The number of aldehydes is 1. The molecule has 2 rings (SSSR count). The third-order valence-corrected chi connectivity index (χ3v) is 6.25. The number of likely N-dealkylation sites (N-methyl/N-ethyl adjacent to an activating group) is 1. The fraction of sp³-hybridized carbons (Fsp3) is 0.621. The van der Waals surface area contributed by atoms with E-state index in [0.717, 1.165) is 0 Å². The van der Waals surface area contributed by atoms with E-state index in [1.54, 1.807) is 39.0 Å². The Morgan fingerprint density at radius 1 is 1.07 bits per heavy atom. The molecule has 1 aliphatic heterocycles. The van der Waals surface area contributed by atoms with E-state index in [4.69, 9.17) is 24.7 Å². The van der Waals surface area contributed by atoms with Crippen molar-refractivity contribution in [2.45, 2.75) is 51.8 Å². The van der Waals surface area contributed by atoms with Gasteiger partial charge in [-0.15, -0.1) is 0 Å². The minimum absolute atomic E-state index is 0.0758. The van der Waals surface area contributed by atoms with Crippen molar-refractivity contribution in [2.75, 3.05) is 71.6 Å². The molecule has 0 aliphatic carbocycles. The Morgan fingerprint density at radius 3 is 2.33 bits per heavy atom. The molecule has 14 heteroatoms. The molecule has 1 aromatic rings. The lowest BCUT2D eigenvalue weighted by Gasteiger charge is -2.27. The van der Waals surface area contributed by atoms with E-state index in [-0.39, 0.29) is 57.5 Å². The molecule has 1 aromatic carbocycles. The first-order valence-corrected chi connectivity index (χ1v) is 14.3. The highest BCUT2D eigenvalue weighted by molar-refractivity contribution is 6.04. The summed E-state index contributed by atoms with van der Waals surface area (Å²) in [6, 6.07) is 4.06. The molecule has 0 saturated heterocycles. The van der Waals surface area contributed by atoms with Gasteiger partial charge in [-0.3, -0.25) is 19.3 Å². The second-order valence-electron chi connectivity index (χ2n) is 10.7. The van der Waals surface area contributed by atoms with Crippen LogP contribution in [0.2, 0.25) is 0 Å². The van der Waals surface area contributed by atoms with E-state index in [1.165, 1.54) is 16.8 Å². The van der Waals surface area contributed by atoms with Crippen molar-refractivity contribution in [3.8, 4) is 0 Å². The van der Waals surface area contributed by atoms with Crippen molar-refractivity contribution in [3.05, 3.63) is 29.3 Å².